The van der Waals surface area contributed by atoms with Crippen molar-refractivity contribution in [1.29, 1.82) is 0 Å². The van der Waals surface area contributed by atoms with Gasteiger partial charge in [0, 0.05) is 36.1 Å². The smallest absolute Gasteiger partial charge is 0.144 e. The summed E-state index contributed by atoms with van der Waals surface area (Å²) in [4.78, 5) is 4.35. The molecule has 0 amide bonds. The van der Waals surface area contributed by atoms with Gasteiger partial charge in [-0.05, 0) is 59.2 Å². The lowest BCUT2D eigenvalue weighted by molar-refractivity contribution is 0.674. The Bertz CT molecular complexity index is 1780. The van der Waals surface area contributed by atoms with Crippen LogP contribution in [0.2, 0.25) is 0 Å². The maximum atomic E-state index is 7.90. The van der Waals surface area contributed by atoms with Crippen molar-refractivity contribution < 1.29 is 12.6 Å². The zero-order chi connectivity index (χ0) is 24.5. The summed E-state index contributed by atoms with van der Waals surface area (Å²) in [6.45, 7) is -5.18. The highest BCUT2D eigenvalue weighted by Gasteiger charge is 2.16. The summed E-state index contributed by atoms with van der Waals surface area (Å²) in [5, 5.41) is 6.09. The second-order valence-corrected chi connectivity index (χ2v) is 7.23. The van der Waals surface area contributed by atoms with E-state index >= 15 is 0 Å². The third kappa shape index (κ3) is 2.32. The summed E-state index contributed by atoms with van der Waals surface area (Å²) in [6, 6.07) is 23.4. The van der Waals surface area contributed by atoms with Gasteiger partial charge in [0.25, 0.3) is 0 Å². The lowest BCUT2D eigenvalue weighted by atomic mass is 9.99. The first-order valence-electron chi connectivity index (χ1n) is 12.4. The largest absolute Gasteiger partial charge is 0.455 e. The van der Waals surface area contributed by atoms with Crippen molar-refractivity contribution in [1.82, 2.24) is 4.98 Å². The van der Waals surface area contributed by atoms with Gasteiger partial charge in [-0.25, -0.2) is 0 Å². The fraction of sp³-hybridized carbons (Fsp3) is 0.0741. The van der Waals surface area contributed by atoms with Gasteiger partial charge in [-0.3, -0.25) is 4.98 Å². The van der Waals surface area contributed by atoms with Crippen LogP contribution in [0.15, 0.2) is 83.4 Å². The van der Waals surface area contributed by atoms with Crippen LogP contribution in [-0.2, 0) is 0 Å². The molecular weight excluding hydrogens is 354 g/mol. The SMILES string of the molecule is [2H]C([2H])([2H])c1cnc(-c2cccc3c2oc2c3ccc3ccc4ccccc4c32)cc1C([2H])([2H])[2H]. The number of aromatic nitrogens is 1. The predicted octanol–water partition coefficient (Wildman–Crippen LogP) is 7.57. The van der Waals surface area contributed by atoms with Crippen molar-refractivity contribution in [2.45, 2.75) is 13.7 Å². The second-order valence-electron chi connectivity index (χ2n) is 7.23. The third-order valence-electron chi connectivity index (χ3n) is 5.55. The molecule has 29 heavy (non-hydrogen) atoms. The Labute approximate surface area is 176 Å². The van der Waals surface area contributed by atoms with Gasteiger partial charge in [-0.15, -0.1) is 0 Å². The van der Waals surface area contributed by atoms with Crippen LogP contribution in [-0.4, -0.2) is 4.98 Å². The summed E-state index contributed by atoms with van der Waals surface area (Å²) in [7, 11) is 0. The molecular formula is C27H19NO. The molecule has 0 bridgehead atoms. The fourth-order valence-corrected chi connectivity index (χ4v) is 4.15. The van der Waals surface area contributed by atoms with E-state index in [0.717, 1.165) is 44.1 Å². The van der Waals surface area contributed by atoms with Gasteiger partial charge in [0.1, 0.15) is 11.2 Å². The van der Waals surface area contributed by atoms with Crippen LogP contribution in [0.1, 0.15) is 19.4 Å². The molecule has 0 saturated carbocycles. The van der Waals surface area contributed by atoms with Crippen LogP contribution in [0.25, 0.3) is 54.7 Å². The minimum atomic E-state index is -2.60. The van der Waals surface area contributed by atoms with E-state index in [1.807, 2.05) is 36.4 Å². The minimum absolute atomic E-state index is 0.230. The number of para-hydroxylation sites is 1. The van der Waals surface area contributed by atoms with E-state index in [4.69, 9.17) is 12.6 Å². The molecule has 4 aromatic carbocycles. The standard InChI is InChI=1S/C27H19NO/c1-16-14-24(28-15-17(16)2)23-9-5-8-21-22-13-12-19-11-10-18-6-3-4-7-20(18)25(19)27(22)29-26(21)23/h3-15H,1-2H3/i1D3,2D3. The van der Waals surface area contributed by atoms with Gasteiger partial charge in [0.2, 0.25) is 0 Å². The van der Waals surface area contributed by atoms with E-state index in [1.165, 1.54) is 6.07 Å². The number of aryl methyl sites for hydroxylation is 2. The maximum absolute atomic E-state index is 7.90. The second kappa shape index (κ2) is 5.92. The van der Waals surface area contributed by atoms with Gasteiger partial charge in [0.05, 0.1) is 5.69 Å². The van der Waals surface area contributed by atoms with E-state index < -0.39 is 13.7 Å². The van der Waals surface area contributed by atoms with E-state index in [0.29, 0.717) is 16.8 Å². The third-order valence-corrected chi connectivity index (χ3v) is 5.55. The molecule has 0 aliphatic rings. The predicted molar refractivity (Wildman–Crippen MR) is 121 cm³/mol. The fourth-order valence-electron chi connectivity index (χ4n) is 4.15. The van der Waals surface area contributed by atoms with E-state index in [9.17, 15) is 0 Å². The van der Waals surface area contributed by atoms with Crippen LogP contribution in [0, 0.1) is 13.7 Å². The quantitative estimate of drug-likeness (QED) is 0.275. The average Bonchev–Trinajstić information content (AvgIpc) is 3.21. The number of rotatable bonds is 1. The lowest BCUT2D eigenvalue weighted by Crippen LogP contribution is -1.88. The maximum Gasteiger partial charge on any atom is 0.144 e. The summed E-state index contributed by atoms with van der Waals surface area (Å²) < 4.78 is 53.4. The number of hydrogen-bond acceptors (Lipinski definition) is 2. The Kier molecular flexibility index (Phi) is 2.32. The normalized spacial score (nSPS) is 15.7. The molecule has 138 valence electrons. The van der Waals surface area contributed by atoms with Gasteiger partial charge in [0.15, 0.2) is 0 Å². The highest BCUT2D eigenvalue weighted by atomic mass is 16.3. The Morgan fingerprint density at radius 3 is 2.45 bits per heavy atom. The van der Waals surface area contributed by atoms with Gasteiger partial charge >= 0.3 is 0 Å². The topological polar surface area (TPSA) is 26.0 Å². The van der Waals surface area contributed by atoms with Crippen molar-refractivity contribution in [3.63, 3.8) is 0 Å². The monoisotopic (exact) mass is 379 g/mol. The van der Waals surface area contributed by atoms with Gasteiger partial charge < -0.3 is 4.42 Å². The lowest BCUT2D eigenvalue weighted by Gasteiger charge is -2.05. The highest BCUT2D eigenvalue weighted by molar-refractivity contribution is 6.23. The number of nitrogens with zero attached hydrogens (tertiary/aromatic N) is 1. The van der Waals surface area contributed by atoms with Crippen LogP contribution < -0.4 is 0 Å². The van der Waals surface area contributed by atoms with Crippen molar-refractivity contribution >= 4 is 43.5 Å². The molecule has 0 atom stereocenters. The summed E-state index contributed by atoms with van der Waals surface area (Å²) in [5.41, 5.74) is 1.78. The summed E-state index contributed by atoms with van der Waals surface area (Å²) >= 11 is 0. The molecule has 2 nitrogen and oxygen atoms in total. The molecule has 0 spiro atoms. The van der Waals surface area contributed by atoms with Crippen molar-refractivity contribution in [3.8, 4) is 11.3 Å². The van der Waals surface area contributed by atoms with Crippen molar-refractivity contribution in [3.05, 3.63) is 90.1 Å². The number of fused-ring (bicyclic) bond motifs is 7. The molecule has 0 saturated heterocycles. The Morgan fingerprint density at radius 1 is 0.724 bits per heavy atom. The minimum Gasteiger partial charge on any atom is -0.455 e. The van der Waals surface area contributed by atoms with E-state index in [-0.39, 0.29) is 11.1 Å². The Balaban J connectivity index is 1.67. The van der Waals surface area contributed by atoms with Crippen LogP contribution in [0.4, 0.5) is 0 Å². The van der Waals surface area contributed by atoms with E-state index in [2.05, 4.69) is 35.3 Å². The molecule has 6 aromatic rings. The van der Waals surface area contributed by atoms with Crippen LogP contribution >= 0.6 is 0 Å². The molecule has 0 aliphatic carbocycles. The van der Waals surface area contributed by atoms with Gasteiger partial charge in [-0.2, -0.15) is 0 Å². The van der Waals surface area contributed by atoms with Gasteiger partial charge in [-0.1, -0.05) is 54.6 Å². The number of benzene rings is 4. The molecule has 0 unspecified atom stereocenters. The highest BCUT2D eigenvalue weighted by Crippen LogP contribution is 2.40. The Hall–Kier alpha value is -3.65. The first-order chi connectivity index (χ1) is 16.6. The molecule has 6 rings (SSSR count). The molecule has 0 N–H and O–H groups in total. The first-order valence-corrected chi connectivity index (χ1v) is 9.40. The number of hydrogen-bond donors (Lipinski definition) is 0. The average molecular weight is 379 g/mol. The zero-order valence-electron chi connectivity index (χ0n) is 21.4. The molecule has 2 aromatic heterocycles. The summed E-state index contributed by atoms with van der Waals surface area (Å²) in [6.07, 6.45) is 1.15. The van der Waals surface area contributed by atoms with Crippen LogP contribution in [0.3, 0.4) is 0 Å². The van der Waals surface area contributed by atoms with Crippen LogP contribution in [0.5, 0.6) is 0 Å². The van der Waals surface area contributed by atoms with E-state index in [1.54, 1.807) is 0 Å². The number of pyridine rings is 1. The molecule has 2 heteroatoms. The van der Waals surface area contributed by atoms with Crippen molar-refractivity contribution in [2.24, 2.45) is 0 Å². The molecule has 0 fully saturated rings. The molecule has 2 heterocycles. The number of furan rings is 1. The van der Waals surface area contributed by atoms with Crippen molar-refractivity contribution in [2.75, 3.05) is 0 Å². The Morgan fingerprint density at radius 2 is 1.52 bits per heavy atom. The zero-order valence-corrected chi connectivity index (χ0v) is 15.4. The summed E-state index contributed by atoms with van der Waals surface area (Å²) in [5.74, 6) is 0. The molecule has 0 aliphatic heterocycles. The first kappa shape index (κ1) is 11.4. The molecule has 0 radical (unpaired) electrons.